The third-order valence-corrected chi connectivity index (χ3v) is 5.65. The minimum atomic E-state index is -2.31. The number of halogens is 5. The predicted octanol–water partition coefficient (Wildman–Crippen LogP) is 7.31. The quantitative estimate of drug-likeness (QED) is 0.0604. The van der Waals surface area contributed by atoms with E-state index in [1.54, 1.807) is 0 Å². The molecule has 0 aromatic heterocycles. The number of esters is 2. The van der Waals surface area contributed by atoms with Crippen molar-refractivity contribution in [1.82, 2.24) is 0 Å². The maximum Gasteiger partial charge on any atom is 0.323 e. The molecule has 1 aromatic carbocycles. The van der Waals surface area contributed by atoms with Gasteiger partial charge in [0.05, 0.1) is 12.2 Å². The highest BCUT2D eigenvalue weighted by atomic mass is 19.2. The fraction of sp³-hybridized carbons (Fsp3) is 0.680. The molecule has 0 fully saturated rings. The fourth-order valence-electron chi connectivity index (χ4n) is 3.29. The Labute approximate surface area is 198 Å². The van der Waals surface area contributed by atoms with Gasteiger partial charge in [0.25, 0.3) is 0 Å². The highest BCUT2D eigenvalue weighted by molar-refractivity contribution is 5.99. The van der Waals surface area contributed by atoms with Gasteiger partial charge < -0.3 is 9.47 Å². The second-order valence-corrected chi connectivity index (χ2v) is 8.92. The molecule has 0 heterocycles. The van der Waals surface area contributed by atoms with Crippen LogP contribution in [0.2, 0.25) is 0 Å². The number of ether oxygens (including phenoxy) is 2. The maximum atomic E-state index is 13.7. The Morgan fingerprint density at radius 2 is 1.00 bits per heavy atom. The highest BCUT2D eigenvalue weighted by Crippen LogP contribution is 2.26. The van der Waals surface area contributed by atoms with E-state index < -0.39 is 58.6 Å². The number of rotatable bonds is 16. The molecule has 1 rings (SSSR count). The van der Waals surface area contributed by atoms with E-state index in [1.165, 1.54) is 58.8 Å². The Bertz CT molecular complexity index is 782. The molecular formula is C25H35F5O4. The summed E-state index contributed by atoms with van der Waals surface area (Å²) in [6.45, 7) is 3.45. The lowest BCUT2D eigenvalue weighted by molar-refractivity contribution is -0.170. The molecule has 34 heavy (non-hydrogen) atoms. The van der Waals surface area contributed by atoms with Crippen LogP contribution in [0.15, 0.2) is 0 Å². The molecule has 0 unspecified atom stereocenters. The maximum absolute atomic E-state index is 13.7. The van der Waals surface area contributed by atoms with Crippen LogP contribution < -0.4 is 0 Å². The third-order valence-electron chi connectivity index (χ3n) is 5.65. The summed E-state index contributed by atoms with van der Waals surface area (Å²) in [5, 5.41) is 0. The first-order chi connectivity index (χ1) is 16.1. The largest absolute Gasteiger partial charge is 0.465 e. The van der Waals surface area contributed by atoms with E-state index in [-0.39, 0.29) is 6.61 Å². The van der Waals surface area contributed by atoms with Crippen molar-refractivity contribution in [2.45, 2.75) is 98.0 Å². The molecular weight excluding hydrogens is 459 g/mol. The molecule has 0 aliphatic rings. The smallest absolute Gasteiger partial charge is 0.323 e. The van der Waals surface area contributed by atoms with Crippen LogP contribution in [-0.4, -0.2) is 18.5 Å². The van der Waals surface area contributed by atoms with Crippen LogP contribution >= 0.6 is 0 Å². The summed E-state index contributed by atoms with van der Waals surface area (Å²) in [6, 6.07) is 0. The van der Waals surface area contributed by atoms with E-state index in [0.29, 0.717) is 6.42 Å². The minimum Gasteiger partial charge on any atom is -0.465 e. The molecule has 0 aliphatic carbocycles. The topological polar surface area (TPSA) is 52.6 Å². The van der Waals surface area contributed by atoms with Gasteiger partial charge in [-0.05, 0) is 20.3 Å². The summed E-state index contributed by atoms with van der Waals surface area (Å²) in [5.41, 5.74) is -3.11. The number of unbranched alkanes of at least 4 members (excludes halogenated alkanes) is 10. The van der Waals surface area contributed by atoms with E-state index >= 15 is 0 Å². The zero-order valence-corrected chi connectivity index (χ0v) is 20.2. The monoisotopic (exact) mass is 494 g/mol. The zero-order valence-electron chi connectivity index (χ0n) is 20.2. The van der Waals surface area contributed by atoms with Crippen molar-refractivity contribution in [3.05, 3.63) is 34.6 Å². The summed E-state index contributed by atoms with van der Waals surface area (Å²) in [6.07, 6.45) is 12.4. The lowest BCUT2D eigenvalue weighted by Crippen LogP contribution is -2.36. The van der Waals surface area contributed by atoms with Crippen molar-refractivity contribution < 1.29 is 41.0 Å². The van der Waals surface area contributed by atoms with Crippen molar-refractivity contribution in [3.63, 3.8) is 0 Å². The molecule has 0 bridgehead atoms. The number of carbonyl (C=O) groups is 2. The summed E-state index contributed by atoms with van der Waals surface area (Å²) in [7, 11) is 0. The van der Waals surface area contributed by atoms with Gasteiger partial charge in [0.1, 0.15) is 6.61 Å². The second-order valence-electron chi connectivity index (χ2n) is 8.92. The molecule has 0 atom stereocenters. The first-order valence-electron chi connectivity index (χ1n) is 11.9. The summed E-state index contributed by atoms with van der Waals surface area (Å²) < 4.78 is 76.8. The molecule has 9 heteroatoms. The Kier molecular flexibility index (Phi) is 13.1. The van der Waals surface area contributed by atoms with Gasteiger partial charge in [-0.25, -0.2) is 22.0 Å². The zero-order chi connectivity index (χ0) is 25.7. The molecule has 0 aliphatic heterocycles. The molecule has 0 radical (unpaired) electrons. The Morgan fingerprint density at radius 1 is 0.618 bits per heavy atom. The molecule has 0 spiro atoms. The van der Waals surface area contributed by atoms with Crippen molar-refractivity contribution in [2.24, 2.45) is 5.41 Å². The normalized spacial score (nSPS) is 11.5. The number of carbonyl (C=O) groups excluding carboxylic acids is 2. The van der Waals surface area contributed by atoms with Crippen molar-refractivity contribution >= 4 is 11.9 Å². The molecule has 0 saturated heterocycles. The highest BCUT2D eigenvalue weighted by Gasteiger charge is 2.40. The Morgan fingerprint density at radius 3 is 1.47 bits per heavy atom. The summed E-state index contributed by atoms with van der Waals surface area (Å²) >= 11 is 0. The Balaban J connectivity index is 2.35. The van der Waals surface area contributed by atoms with Gasteiger partial charge >= 0.3 is 11.9 Å². The van der Waals surface area contributed by atoms with Gasteiger partial charge in [-0.15, -0.1) is 0 Å². The first-order valence-corrected chi connectivity index (χ1v) is 11.9. The summed E-state index contributed by atoms with van der Waals surface area (Å²) in [4.78, 5) is 24.5. The van der Waals surface area contributed by atoms with Gasteiger partial charge in [0, 0.05) is 0 Å². The van der Waals surface area contributed by atoms with Crippen molar-refractivity contribution in [1.29, 1.82) is 0 Å². The standard InChI is InChI=1S/C25H35F5O4/c1-4-5-6-7-8-9-10-11-12-13-14-15-33-23(31)25(2,3)24(32)34-16-17-18(26)20(28)22(30)21(29)19(17)27/h4-16H2,1-3H3. The van der Waals surface area contributed by atoms with Crippen LogP contribution in [0.5, 0.6) is 0 Å². The van der Waals surface area contributed by atoms with Gasteiger partial charge in [-0.2, -0.15) is 0 Å². The predicted molar refractivity (Wildman–Crippen MR) is 117 cm³/mol. The van der Waals surface area contributed by atoms with E-state index in [2.05, 4.69) is 11.7 Å². The van der Waals surface area contributed by atoms with Gasteiger partial charge in [0.15, 0.2) is 28.7 Å². The van der Waals surface area contributed by atoms with Gasteiger partial charge in [0.2, 0.25) is 5.82 Å². The average Bonchev–Trinajstić information content (AvgIpc) is 2.81. The van der Waals surface area contributed by atoms with E-state index in [4.69, 9.17) is 4.74 Å². The molecule has 4 nitrogen and oxygen atoms in total. The Hall–Kier alpha value is -2.19. The van der Waals surface area contributed by atoms with Crippen molar-refractivity contribution in [2.75, 3.05) is 6.61 Å². The van der Waals surface area contributed by atoms with Crippen LogP contribution in [-0.2, 0) is 25.7 Å². The van der Waals surface area contributed by atoms with Gasteiger partial charge in [-0.1, -0.05) is 71.1 Å². The van der Waals surface area contributed by atoms with E-state index in [1.807, 2.05) is 0 Å². The van der Waals surface area contributed by atoms with E-state index in [0.717, 1.165) is 19.3 Å². The van der Waals surface area contributed by atoms with Crippen LogP contribution in [0.3, 0.4) is 0 Å². The average molecular weight is 495 g/mol. The molecule has 0 saturated carbocycles. The van der Waals surface area contributed by atoms with E-state index in [9.17, 15) is 31.5 Å². The van der Waals surface area contributed by atoms with Crippen LogP contribution in [0.4, 0.5) is 22.0 Å². The molecule has 194 valence electrons. The van der Waals surface area contributed by atoms with Gasteiger partial charge in [-0.3, -0.25) is 9.59 Å². The first kappa shape index (κ1) is 29.8. The minimum absolute atomic E-state index is 0.101. The lowest BCUT2D eigenvalue weighted by atomic mass is 9.94. The van der Waals surface area contributed by atoms with Crippen LogP contribution in [0.1, 0.15) is 97.0 Å². The second kappa shape index (κ2) is 14.9. The molecule has 0 amide bonds. The number of hydrogen-bond donors (Lipinski definition) is 0. The molecule has 0 N–H and O–H groups in total. The SMILES string of the molecule is CCCCCCCCCCCCCOC(=O)C(C)(C)C(=O)OCc1c(F)c(F)c(F)c(F)c1F. The van der Waals surface area contributed by atoms with Crippen LogP contribution in [0.25, 0.3) is 0 Å². The molecule has 1 aromatic rings. The third kappa shape index (κ3) is 8.87. The fourth-order valence-corrected chi connectivity index (χ4v) is 3.29. The van der Waals surface area contributed by atoms with Crippen molar-refractivity contribution in [3.8, 4) is 0 Å². The summed E-state index contributed by atoms with van der Waals surface area (Å²) in [5.74, 6) is -12.9. The van der Waals surface area contributed by atoms with Crippen LogP contribution in [0, 0.1) is 34.5 Å². The number of benzene rings is 1. The lowest BCUT2D eigenvalue weighted by Gasteiger charge is -2.21. The number of hydrogen-bond acceptors (Lipinski definition) is 4.